The maximum atomic E-state index is 12.7. The summed E-state index contributed by atoms with van der Waals surface area (Å²) >= 11 is 6.05. The van der Waals surface area contributed by atoms with E-state index in [2.05, 4.69) is 16.5 Å². The average molecular weight is 386 g/mol. The van der Waals surface area contributed by atoms with Crippen LogP contribution in [-0.2, 0) is 4.79 Å². The lowest BCUT2D eigenvalue weighted by Crippen LogP contribution is -2.54. The van der Waals surface area contributed by atoms with Crippen LogP contribution in [0.1, 0.15) is 20.3 Å². The zero-order chi connectivity index (χ0) is 19.1. The van der Waals surface area contributed by atoms with Crippen molar-refractivity contribution in [3.8, 4) is 0 Å². The van der Waals surface area contributed by atoms with E-state index in [4.69, 9.17) is 16.0 Å². The lowest BCUT2D eigenvalue weighted by Gasteiger charge is -2.45. The molecule has 3 heterocycles. The summed E-state index contributed by atoms with van der Waals surface area (Å²) < 4.78 is 5.94. The van der Waals surface area contributed by atoms with Crippen molar-refractivity contribution in [2.75, 3.05) is 31.1 Å². The molecule has 1 aromatic carbocycles. The molecule has 1 aromatic heterocycles. The van der Waals surface area contributed by atoms with Crippen molar-refractivity contribution in [1.29, 1.82) is 0 Å². The summed E-state index contributed by atoms with van der Waals surface area (Å²) in [6.07, 6.45) is 3.00. The van der Waals surface area contributed by atoms with Crippen molar-refractivity contribution in [1.82, 2.24) is 9.88 Å². The van der Waals surface area contributed by atoms with Gasteiger partial charge in [0, 0.05) is 36.8 Å². The van der Waals surface area contributed by atoms with Crippen LogP contribution in [0, 0.1) is 11.8 Å². The van der Waals surface area contributed by atoms with Gasteiger partial charge in [0.05, 0.1) is 0 Å². The molecule has 0 spiro atoms. The van der Waals surface area contributed by atoms with Crippen molar-refractivity contribution in [2.45, 2.75) is 20.3 Å². The summed E-state index contributed by atoms with van der Waals surface area (Å²) in [7, 11) is 0. The highest BCUT2D eigenvalue weighted by Crippen LogP contribution is 2.33. The fraction of sp³-hybridized carbons (Fsp3) is 0.429. The number of piperidine rings is 2. The number of rotatable bonds is 3. The van der Waals surface area contributed by atoms with Crippen LogP contribution in [0.3, 0.4) is 0 Å². The molecule has 0 saturated carbocycles. The minimum atomic E-state index is 0.0517. The highest BCUT2D eigenvalue weighted by Gasteiger charge is 2.37. The minimum absolute atomic E-state index is 0.0517. The first-order valence-electron chi connectivity index (χ1n) is 9.33. The van der Waals surface area contributed by atoms with E-state index in [1.54, 1.807) is 0 Å². The highest BCUT2D eigenvalue weighted by atomic mass is 35.5. The van der Waals surface area contributed by atoms with Crippen molar-refractivity contribution in [3.05, 3.63) is 47.0 Å². The number of amides is 1. The minimum Gasteiger partial charge on any atom is -0.423 e. The standard InChI is InChI=1S/C21H24ClN3O2/c1-13(2)6-14(3)20(26)24-9-15-7-16(10-24)12-25(11-15)21-23-18-8-17(22)4-5-19(18)27-21/h4-6,8,15-16H,3,7,9-12H2,1-2H3. The largest absolute Gasteiger partial charge is 0.423 e. The van der Waals surface area contributed by atoms with Gasteiger partial charge in [-0.25, -0.2) is 0 Å². The zero-order valence-electron chi connectivity index (χ0n) is 15.7. The molecule has 5 nitrogen and oxygen atoms in total. The fourth-order valence-electron chi connectivity index (χ4n) is 4.24. The summed E-state index contributed by atoms with van der Waals surface area (Å²) in [6, 6.07) is 6.14. The molecular formula is C21H24ClN3O2. The van der Waals surface area contributed by atoms with Crippen molar-refractivity contribution >= 4 is 34.6 Å². The van der Waals surface area contributed by atoms with E-state index in [0.29, 0.717) is 28.4 Å². The van der Waals surface area contributed by atoms with Crippen molar-refractivity contribution in [2.24, 2.45) is 11.8 Å². The number of oxazole rings is 1. The number of halogens is 1. The third kappa shape index (κ3) is 3.74. The smallest absolute Gasteiger partial charge is 0.298 e. The Balaban J connectivity index is 1.48. The fourth-order valence-corrected chi connectivity index (χ4v) is 4.41. The molecule has 0 N–H and O–H groups in total. The molecule has 2 fully saturated rings. The van der Waals surface area contributed by atoms with Crippen LogP contribution in [0.2, 0.25) is 5.02 Å². The number of nitrogens with zero attached hydrogens (tertiary/aromatic N) is 3. The highest BCUT2D eigenvalue weighted by molar-refractivity contribution is 6.31. The van der Waals surface area contributed by atoms with Gasteiger partial charge in [-0.15, -0.1) is 0 Å². The van der Waals surface area contributed by atoms with Gasteiger partial charge < -0.3 is 14.2 Å². The number of carbonyl (C=O) groups is 1. The molecular weight excluding hydrogens is 362 g/mol. The molecule has 27 heavy (non-hydrogen) atoms. The predicted octanol–water partition coefficient (Wildman–Crippen LogP) is 4.29. The second-order valence-corrected chi connectivity index (χ2v) is 8.37. The maximum absolute atomic E-state index is 12.7. The topological polar surface area (TPSA) is 49.6 Å². The van der Waals surface area contributed by atoms with Gasteiger partial charge in [-0.2, -0.15) is 4.98 Å². The Hall–Kier alpha value is -2.27. The summed E-state index contributed by atoms with van der Waals surface area (Å²) in [6.45, 7) is 11.1. The molecule has 2 bridgehead atoms. The van der Waals surface area contributed by atoms with E-state index in [9.17, 15) is 4.79 Å². The lowest BCUT2D eigenvalue weighted by atomic mass is 9.84. The van der Waals surface area contributed by atoms with Crippen LogP contribution >= 0.6 is 11.6 Å². The third-order valence-corrected chi connectivity index (χ3v) is 5.45. The number of anilines is 1. The van der Waals surface area contributed by atoms with Gasteiger partial charge in [-0.3, -0.25) is 4.79 Å². The molecule has 2 atom stereocenters. The van der Waals surface area contributed by atoms with E-state index in [0.717, 1.165) is 49.3 Å². The van der Waals surface area contributed by atoms with Crippen LogP contribution in [0.15, 0.2) is 46.4 Å². The van der Waals surface area contributed by atoms with Gasteiger partial charge >= 0.3 is 0 Å². The summed E-state index contributed by atoms with van der Waals surface area (Å²) in [5.74, 6) is 0.884. The zero-order valence-corrected chi connectivity index (χ0v) is 16.5. The number of fused-ring (bicyclic) bond motifs is 3. The molecule has 2 aromatic rings. The van der Waals surface area contributed by atoms with Crippen LogP contribution in [0.5, 0.6) is 0 Å². The van der Waals surface area contributed by atoms with Crippen molar-refractivity contribution in [3.63, 3.8) is 0 Å². The molecule has 6 heteroatoms. The Kier molecular flexibility index (Phi) is 4.72. The van der Waals surface area contributed by atoms with Crippen LogP contribution < -0.4 is 4.90 Å². The Morgan fingerprint density at radius 1 is 1.26 bits per heavy atom. The van der Waals surface area contributed by atoms with Gasteiger partial charge in [0.1, 0.15) is 5.52 Å². The number of hydrogen-bond acceptors (Lipinski definition) is 4. The molecule has 1 amide bonds. The molecule has 2 aliphatic heterocycles. The summed E-state index contributed by atoms with van der Waals surface area (Å²) in [4.78, 5) is 21.5. The molecule has 0 radical (unpaired) electrons. The van der Waals surface area contributed by atoms with Gasteiger partial charge in [0.2, 0.25) is 0 Å². The number of likely N-dealkylation sites (tertiary alicyclic amines) is 1. The number of allylic oxidation sites excluding steroid dienone is 1. The van der Waals surface area contributed by atoms with Gasteiger partial charge in [-0.1, -0.05) is 29.8 Å². The number of hydrogen-bond donors (Lipinski definition) is 0. The van der Waals surface area contributed by atoms with Gasteiger partial charge in [0.15, 0.2) is 5.58 Å². The Labute approximate surface area is 164 Å². The quantitative estimate of drug-likeness (QED) is 0.584. The van der Waals surface area contributed by atoms with E-state index >= 15 is 0 Å². The van der Waals surface area contributed by atoms with Crippen molar-refractivity contribution < 1.29 is 9.21 Å². The second-order valence-electron chi connectivity index (χ2n) is 7.94. The molecule has 142 valence electrons. The summed E-state index contributed by atoms with van der Waals surface area (Å²) in [5, 5.41) is 0.656. The van der Waals surface area contributed by atoms with E-state index in [1.807, 2.05) is 43.0 Å². The normalized spacial score (nSPS) is 22.0. The number of aromatic nitrogens is 1. The Morgan fingerprint density at radius 3 is 2.63 bits per heavy atom. The SMILES string of the molecule is C=C(C=C(C)C)C(=O)N1CC2CC(C1)CN(c1nc3cc(Cl)ccc3o1)C2. The van der Waals surface area contributed by atoms with E-state index in [1.165, 1.54) is 0 Å². The first-order chi connectivity index (χ1) is 12.9. The van der Waals surface area contributed by atoms with Gasteiger partial charge in [-0.05, 0) is 50.3 Å². The average Bonchev–Trinajstić information content (AvgIpc) is 3.02. The Bertz CT molecular complexity index is 915. The van der Waals surface area contributed by atoms with Gasteiger partial charge in [0.25, 0.3) is 11.9 Å². The first kappa shape index (κ1) is 18.1. The molecule has 2 unspecified atom stereocenters. The second kappa shape index (κ2) is 7.04. The lowest BCUT2D eigenvalue weighted by molar-refractivity contribution is -0.129. The molecule has 2 aliphatic rings. The number of benzene rings is 1. The monoisotopic (exact) mass is 385 g/mol. The van der Waals surface area contributed by atoms with Crippen LogP contribution in [0.25, 0.3) is 11.1 Å². The van der Waals surface area contributed by atoms with E-state index in [-0.39, 0.29) is 5.91 Å². The first-order valence-corrected chi connectivity index (χ1v) is 9.71. The number of carbonyl (C=O) groups excluding carboxylic acids is 1. The molecule has 0 aliphatic carbocycles. The van der Waals surface area contributed by atoms with Crippen LogP contribution in [-0.4, -0.2) is 42.0 Å². The Morgan fingerprint density at radius 2 is 1.96 bits per heavy atom. The van der Waals surface area contributed by atoms with Crippen LogP contribution in [0.4, 0.5) is 6.01 Å². The summed E-state index contributed by atoms with van der Waals surface area (Å²) in [5.41, 5.74) is 3.19. The third-order valence-electron chi connectivity index (χ3n) is 5.21. The predicted molar refractivity (Wildman–Crippen MR) is 108 cm³/mol. The molecule has 2 saturated heterocycles. The molecule has 4 rings (SSSR count). The van der Waals surface area contributed by atoms with E-state index < -0.39 is 0 Å². The maximum Gasteiger partial charge on any atom is 0.298 e.